The van der Waals surface area contributed by atoms with Crippen molar-refractivity contribution in [3.63, 3.8) is 0 Å². The van der Waals surface area contributed by atoms with E-state index < -0.39 is 0 Å². The maximum Gasteiger partial charge on any atom is 0.122 e. The molecule has 2 atom stereocenters. The number of likely N-dealkylation sites (N-methyl/N-ethyl adjacent to an activating group) is 1. The number of nitrogens with one attached hydrogen (secondary N) is 1. The molecule has 2 heterocycles. The lowest BCUT2D eigenvalue weighted by atomic mass is 10.0. The minimum atomic E-state index is 0.525. The Bertz CT molecular complexity index is 394. The zero-order chi connectivity index (χ0) is 11.7. The summed E-state index contributed by atoms with van der Waals surface area (Å²) in [4.78, 5) is 2.39. The van der Waals surface area contributed by atoms with E-state index in [1.54, 1.807) is 0 Å². The number of ether oxygens (including phenoxy) is 1. The SMILES string of the molecule is CN1CCC(NCC2COc3ccccc32)C1. The van der Waals surface area contributed by atoms with Crippen LogP contribution in [0.2, 0.25) is 0 Å². The molecule has 3 heteroatoms. The number of nitrogens with zero attached hydrogens (tertiary/aromatic N) is 1. The first-order chi connectivity index (χ1) is 8.33. The minimum absolute atomic E-state index is 0.525. The van der Waals surface area contributed by atoms with Gasteiger partial charge in [0.05, 0.1) is 6.61 Å². The van der Waals surface area contributed by atoms with Crippen LogP contribution in [0.15, 0.2) is 24.3 Å². The van der Waals surface area contributed by atoms with E-state index in [0.717, 1.165) is 18.9 Å². The van der Waals surface area contributed by atoms with Gasteiger partial charge < -0.3 is 15.0 Å². The van der Waals surface area contributed by atoms with Gasteiger partial charge in [-0.05, 0) is 26.1 Å². The van der Waals surface area contributed by atoms with E-state index in [1.807, 2.05) is 6.07 Å². The quantitative estimate of drug-likeness (QED) is 0.854. The van der Waals surface area contributed by atoms with Crippen LogP contribution in [0.5, 0.6) is 5.75 Å². The molecule has 1 aromatic carbocycles. The highest BCUT2D eigenvalue weighted by atomic mass is 16.5. The van der Waals surface area contributed by atoms with Crippen LogP contribution < -0.4 is 10.1 Å². The summed E-state index contributed by atoms with van der Waals surface area (Å²) in [5.74, 6) is 1.60. The number of para-hydroxylation sites is 1. The standard InChI is InChI=1S/C14H20N2O/c1-16-7-6-12(9-16)15-8-11-10-17-14-5-3-2-4-13(11)14/h2-5,11-12,15H,6-10H2,1H3. The van der Waals surface area contributed by atoms with Crippen molar-refractivity contribution in [1.29, 1.82) is 0 Å². The molecule has 3 rings (SSSR count). The summed E-state index contributed by atoms with van der Waals surface area (Å²) in [6.07, 6.45) is 1.27. The molecule has 0 spiro atoms. The Balaban J connectivity index is 1.57. The van der Waals surface area contributed by atoms with Crippen molar-refractivity contribution < 1.29 is 4.74 Å². The predicted molar refractivity (Wildman–Crippen MR) is 68.6 cm³/mol. The Labute approximate surface area is 103 Å². The van der Waals surface area contributed by atoms with E-state index in [0.29, 0.717) is 12.0 Å². The zero-order valence-electron chi connectivity index (χ0n) is 10.4. The fourth-order valence-corrected chi connectivity index (χ4v) is 2.81. The third kappa shape index (κ3) is 2.31. The lowest BCUT2D eigenvalue weighted by molar-refractivity contribution is 0.320. The van der Waals surface area contributed by atoms with Crippen molar-refractivity contribution in [2.45, 2.75) is 18.4 Å². The molecule has 1 fully saturated rings. The fraction of sp³-hybridized carbons (Fsp3) is 0.571. The molecule has 0 bridgehead atoms. The molecule has 1 aromatic rings. The third-order valence-corrected chi connectivity index (χ3v) is 3.84. The van der Waals surface area contributed by atoms with E-state index in [1.165, 1.54) is 25.1 Å². The molecule has 0 aromatic heterocycles. The van der Waals surface area contributed by atoms with Crippen LogP contribution in [0.25, 0.3) is 0 Å². The molecule has 0 aliphatic carbocycles. The molecular weight excluding hydrogens is 212 g/mol. The first kappa shape index (κ1) is 11.1. The number of benzene rings is 1. The van der Waals surface area contributed by atoms with Gasteiger partial charge in [0.2, 0.25) is 0 Å². The molecular formula is C14H20N2O. The van der Waals surface area contributed by atoms with E-state index in [9.17, 15) is 0 Å². The maximum atomic E-state index is 5.70. The Morgan fingerprint density at radius 2 is 2.29 bits per heavy atom. The van der Waals surface area contributed by atoms with Crippen molar-refractivity contribution in [3.05, 3.63) is 29.8 Å². The molecule has 1 N–H and O–H groups in total. The molecule has 17 heavy (non-hydrogen) atoms. The second-order valence-corrected chi connectivity index (χ2v) is 5.20. The summed E-state index contributed by atoms with van der Waals surface area (Å²) < 4.78 is 5.70. The van der Waals surface area contributed by atoms with Crippen molar-refractivity contribution in [3.8, 4) is 5.75 Å². The van der Waals surface area contributed by atoms with Gasteiger partial charge in [-0.15, -0.1) is 0 Å². The van der Waals surface area contributed by atoms with Crippen molar-refractivity contribution in [2.24, 2.45) is 0 Å². The van der Waals surface area contributed by atoms with Gasteiger partial charge in [0.25, 0.3) is 0 Å². The van der Waals surface area contributed by atoms with Crippen LogP contribution in [-0.2, 0) is 0 Å². The second kappa shape index (κ2) is 4.67. The average molecular weight is 232 g/mol. The Kier molecular flexibility index (Phi) is 3.04. The molecule has 0 amide bonds. The van der Waals surface area contributed by atoms with Crippen molar-refractivity contribution >= 4 is 0 Å². The molecule has 0 saturated carbocycles. The van der Waals surface area contributed by atoms with Gasteiger partial charge in [0.1, 0.15) is 5.75 Å². The highest BCUT2D eigenvalue weighted by Crippen LogP contribution is 2.32. The van der Waals surface area contributed by atoms with Gasteiger partial charge in [-0.2, -0.15) is 0 Å². The van der Waals surface area contributed by atoms with Crippen molar-refractivity contribution in [2.75, 3.05) is 33.3 Å². The van der Waals surface area contributed by atoms with E-state index in [-0.39, 0.29) is 0 Å². The summed E-state index contributed by atoms with van der Waals surface area (Å²) in [5.41, 5.74) is 1.37. The first-order valence-corrected chi connectivity index (χ1v) is 6.46. The van der Waals surface area contributed by atoms with Gasteiger partial charge in [-0.1, -0.05) is 18.2 Å². The normalized spacial score (nSPS) is 28.1. The zero-order valence-corrected chi connectivity index (χ0v) is 10.4. The maximum absolute atomic E-state index is 5.70. The summed E-state index contributed by atoms with van der Waals surface area (Å²) >= 11 is 0. The monoisotopic (exact) mass is 232 g/mol. The lowest BCUT2D eigenvalue weighted by Crippen LogP contribution is -2.34. The van der Waals surface area contributed by atoms with Crippen LogP contribution in [0.1, 0.15) is 17.9 Å². The summed E-state index contributed by atoms with van der Waals surface area (Å²) in [6, 6.07) is 9.06. The molecule has 2 aliphatic heterocycles. The number of hydrogen-bond donors (Lipinski definition) is 1. The molecule has 0 radical (unpaired) electrons. The number of hydrogen-bond acceptors (Lipinski definition) is 3. The van der Waals surface area contributed by atoms with Crippen LogP contribution in [0.4, 0.5) is 0 Å². The highest BCUT2D eigenvalue weighted by Gasteiger charge is 2.25. The van der Waals surface area contributed by atoms with E-state index >= 15 is 0 Å². The van der Waals surface area contributed by atoms with Gasteiger partial charge in [-0.25, -0.2) is 0 Å². The minimum Gasteiger partial charge on any atom is -0.493 e. The lowest BCUT2D eigenvalue weighted by Gasteiger charge is -2.16. The van der Waals surface area contributed by atoms with Crippen LogP contribution in [0, 0.1) is 0 Å². The summed E-state index contributed by atoms with van der Waals surface area (Å²) in [5, 5.41) is 3.67. The molecule has 1 saturated heterocycles. The number of likely N-dealkylation sites (tertiary alicyclic amines) is 1. The van der Waals surface area contributed by atoms with Gasteiger partial charge >= 0.3 is 0 Å². The fourth-order valence-electron chi connectivity index (χ4n) is 2.81. The molecule has 2 aliphatic rings. The van der Waals surface area contributed by atoms with Gasteiger partial charge in [0.15, 0.2) is 0 Å². The van der Waals surface area contributed by atoms with Gasteiger partial charge in [-0.3, -0.25) is 0 Å². The van der Waals surface area contributed by atoms with E-state index in [4.69, 9.17) is 4.74 Å². The predicted octanol–water partition coefficient (Wildman–Crippen LogP) is 1.46. The topological polar surface area (TPSA) is 24.5 Å². The summed E-state index contributed by atoms with van der Waals surface area (Å²) in [7, 11) is 2.19. The van der Waals surface area contributed by atoms with Crippen LogP contribution >= 0.6 is 0 Å². The Morgan fingerprint density at radius 3 is 3.12 bits per heavy atom. The average Bonchev–Trinajstić information content (AvgIpc) is 2.93. The van der Waals surface area contributed by atoms with Crippen molar-refractivity contribution in [1.82, 2.24) is 10.2 Å². The highest BCUT2D eigenvalue weighted by molar-refractivity contribution is 5.39. The van der Waals surface area contributed by atoms with Crippen LogP contribution in [-0.4, -0.2) is 44.2 Å². The third-order valence-electron chi connectivity index (χ3n) is 3.84. The Morgan fingerprint density at radius 1 is 1.41 bits per heavy atom. The van der Waals surface area contributed by atoms with Gasteiger partial charge in [0, 0.05) is 30.6 Å². The van der Waals surface area contributed by atoms with Crippen LogP contribution in [0.3, 0.4) is 0 Å². The number of fused-ring (bicyclic) bond motifs is 1. The second-order valence-electron chi connectivity index (χ2n) is 5.20. The molecule has 2 unspecified atom stereocenters. The van der Waals surface area contributed by atoms with E-state index in [2.05, 4.69) is 35.5 Å². The molecule has 92 valence electrons. The summed E-state index contributed by atoms with van der Waals surface area (Å²) in [6.45, 7) is 4.26. The smallest absolute Gasteiger partial charge is 0.122 e. The largest absolute Gasteiger partial charge is 0.493 e. The first-order valence-electron chi connectivity index (χ1n) is 6.46. The number of rotatable bonds is 3. The Hall–Kier alpha value is -1.06. The molecule has 3 nitrogen and oxygen atoms in total.